The monoisotopic (exact) mass is 264 g/mol. The predicted octanol–water partition coefficient (Wildman–Crippen LogP) is 2.42. The van der Waals surface area contributed by atoms with Gasteiger partial charge in [-0.3, -0.25) is 4.90 Å². The maximum atomic E-state index is 4.40. The van der Waals surface area contributed by atoms with E-state index >= 15 is 0 Å². The molecule has 0 radical (unpaired) electrons. The summed E-state index contributed by atoms with van der Waals surface area (Å²) < 4.78 is 0. The quantitative estimate of drug-likeness (QED) is 0.857. The Labute approximate surface area is 117 Å². The second-order valence-corrected chi connectivity index (χ2v) is 5.64. The summed E-state index contributed by atoms with van der Waals surface area (Å²) in [6.07, 6.45) is 7.50. The van der Waals surface area contributed by atoms with Gasteiger partial charge in [0.25, 0.3) is 0 Å². The van der Waals surface area contributed by atoms with Crippen molar-refractivity contribution >= 4 is 0 Å². The molecule has 0 atom stereocenters. The lowest BCUT2D eigenvalue weighted by Crippen LogP contribution is -2.35. The molecule has 2 rings (SSSR count). The minimum atomic E-state index is 0.943. The predicted molar refractivity (Wildman–Crippen MR) is 79.2 cm³/mol. The van der Waals surface area contributed by atoms with E-state index in [1.54, 1.807) is 0 Å². The molecule has 108 valence electrons. The molecular weight excluding hydrogens is 236 g/mol. The van der Waals surface area contributed by atoms with Crippen molar-refractivity contribution < 1.29 is 0 Å². The van der Waals surface area contributed by atoms with Crippen molar-refractivity contribution in [3.05, 3.63) is 17.7 Å². The third-order valence-corrected chi connectivity index (χ3v) is 4.01. The van der Waals surface area contributed by atoms with Crippen molar-refractivity contribution in [3.8, 4) is 0 Å². The fraction of sp³-hybridized carbons (Fsp3) is 0.800. The number of H-pyrrole nitrogens is 1. The van der Waals surface area contributed by atoms with Gasteiger partial charge in [0.1, 0.15) is 5.82 Å². The van der Waals surface area contributed by atoms with Gasteiger partial charge in [0.2, 0.25) is 0 Å². The second-order valence-electron chi connectivity index (χ2n) is 5.64. The van der Waals surface area contributed by atoms with Gasteiger partial charge in [-0.2, -0.15) is 0 Å². The molecule has 1 aromatic rings. The fourth-order valence-corrected chi connectivity index (χ4v) is 2.75. The van der Waals surface area contributed by atoms with Gasteiger partial charge in [-0.25, -0.2) is 4.98 Å². The van der Waals surface area contributed by atoms with E-state index in [9.17, 15) is 0 Å². The Kier molecular flexibility index (Phi) is 5.86. The molecule has 1 aliphatic rings. The number of likely N-dealkylation sites (tertiary alicyclic amines) is 1. The van der Waals surface area contributed by atoms with Crippen LogP contribution in [0.2, 0.25) is 0 Å². The lowest BCUT2D eigenvalue weighted by Gasteiger charge is -2.25. The van der Waals surface area contributed by atoms with Crippen molar-refractivity contribution in [2.45, 2.75) is 46.1 Å². The van der Waals surface area contributed by atoms with Gasteiger partial charge >= 0.3 is 0 Å². The average molecular weight is 264 g/mol. The smallest absolute Gasteiger partial charge is 0.120 e. The first-order chi connectivity index (χ1) is 9.28. The van der Waals surface area contributed by atoms with E-state index in [4.69, 9.17) is 0 Å². The summed E-state index contributed by atoms with van der Waals surface area (Å²) in [6, 6.07) is 0. The Balaban J connectivity index is 1.75. The summed E-state index contributed by atoms with van der Waals surface area (Å²) in [5.74, 6) is 1.09. The van der Waals surface area contributed by atoms with E-state index in [0.717, 1.165) is 31.2 Å². The normalized spacial score (nSPS) is 17.8. The second kappa shape index (κ2) is 7.65. The van der Waals surface area contributed by atoms with Crippen LogP contribution in [0.5, 0.6) is 0 Å². The molecule has 0 spiro atoms. The van der Waals surface area contributed by atoms with Gasteiger partial charge < -0.3 is 9.88 Å². The topological polar surface area (TPSA) is 35.2 Å². The van der Waals surface area contributed by atoms with Crippen LogP contribution in [0.15, 0.2) is 6.20 Å². The van der Waals surface area contributed by atoms with Crippen LogP contribution in [0, 0.1) is 6.92 Å². The molecule has 0 bridgehead atoms. The van der Waals surface area contributed by atoms with Crippen LogP contribution in [0.1, 0.15) is 44.1 Å². The number of likely N-dealkylation sites (N-methyl/N-ethyl adjacent to an activating group) is 1. The zero-order chi connectivity index (χ0) is 13.5. The van der Waals surface area contributed by atoms with Crippen molar-refractivity contribution in [1.29, 1.82) is 0 Å². The Morgan fingerprint density at radius 3 is 2.58 bits per heavy atom. The van der Waals surface area contributed by atoms with E-state index in [1.165, 1.54) is 45.3 Å². The van der Waals surface area contributed by atoms with Crippen LogP contribution < -0.4 is 0 Å². The number of aryl methyl sites for hydroxylation is 1. The number of nitrogens with zero attached hydrogens (tertiary/aromatic N) is 3. The highest BCUT2D eigenvalue weighted by molar-refractivity contribution is 4.98. The highest BCUT2D eigenvalue weighted by Gasteiger charge is 2.11. The summed E-state index contributed by atoms with van der Waals surface area (Å²) in [5, 5.41) is 0. The minimum Gasteiger partial charge on any atom is -0.345 e. The zero-order valence-corrected chi connectivity index (χ0v) is 12.5. The number of hydrogen-bond donors (Lipinski definition) is 1. The number of hydrogen-bond acceptors (Lipinski definition) is 3. The Bertz CT molecular complexity index is 353. The summed E-state index contributed by atoms with van der Waals surface area (Å²) in [6.45, 7) is 11.3. The molecule has 0 aliphatic carbocycles. The molecule has 1 aliphatic heterocycles. The SMILES string of the molecule is CCN(CCN1CCCCCC1)Cc1ncc(C)[nH]1. The fourth-order valence-electron chi connectivity index (χ4n) is 2.75. The molecule has 0 unspecified atom stereocenters. The minimum absolute atomic E-state index is 0.943. The Morgan fingerprint density at radius 2 is 2.00 bits per heavy atom. The van der Waals surface area contributed by atoms with Crippen molar-refractivity contribution in [2.75, 3.05) is 32.7 Å². The van der Waals surface area contributed by atoms with Crippen LogP contribution in [-0.2, 0) is 6.54 Å². The molecule has 0 saturated carbocycles. The van der Waals surface area contributed by atoms with Gasteiger partial charge in [0, 0.05) is 25.0 Å². The van der Waals surface area contributed by atoms with E-state index in [2.05, 4.69) is 33.6 Å². The Hall–Kier alpha value is -0.870. The van der Waals surface area contributed by atoms with E-state index in [0.29, 0.717) is 0 Å². The Morgan fingerprint density at radius 1 is 1.26 bits per heavy atom. The highest BCUT2D eigenvalue weighted by atomic mass is 15.2. The lowest BCUT2D eigenvalue weighted by atomic mass is 10.2. The third kappa shape index (κ3) is 4.96. The van der Waals surface area contributed by atoms with Gasteiger partial charge in [-0.15, -0.1) is 0 Å². The van der Waals surface area contributed by atoms with Gasteiger partial charge in [-0.05, 0) is 39.4 Å². The molecule has 1 N–H and O–H groups in total. The van der Waals surface area contributed by atoms with Crippen LogP contribution in [0.25, 0.3) is 0 Å². The first-order valence-electron chi connectivity index (χ1n) is 7.73. The van der Waals surface area contributed by atoms with E-state index < -0.39 is 0 Å². The molecule has 19 heavy (non-hydrogen) atoms. The molecule has 1 fully saturated rings. The molecule has 0 aromatic carbocycles. The number of nitrogens with one attached hydrogen (secondary N) is 1. The molecule has 0 amide bonds. The first-order valence-corrected chi connectivity index (χ1v) is 7.73. The molecule has 4 heteroatoms. The van der Waals surface area contributed by atoms with Crippen LogP contribution >= 0.6 is 0 Å². The maximum Gasteiger partial charge on any atom is 0.120 e. The number of rotatable bonds is 6. The molecule has 1 aromatic heterocycles. The van der Waals surface area contributed by atoms with E-state index in [1.807, 2.05) is 6.20 Å². The number of aromatic nitrogens is 2. The van der Waals surface area contributed by atoms with Gasteiger partial charge in [0.05, 0.1) is 6.54 Å². The third-order valence-electron chi connectivity index (χ3n) is 4.01. The van der Waals surface area contributed by atoms with Crippen molar-refractivity contribution in [2.24, 2.45) is 0 Å². The number of imidazole rings is 1. The number of aromatic amines is 1. The molecule has 4 nitrogen and oxygen atoms in total. The van der Waals surface area contributed by atoms with Gasteiger partial charge in [0.15, 0.2) is 0 Å². The average Bonchev–Trinajstić information content (AvgIpc) is 2.67. The summed E-state index contributed by atoms with van der Waals surface area (Å²) in [5.41, 5.74) is 1.15. The van der Waals surface area contributed by atoms with Crippen molar-refractivity contribution in [3.63, 3.8) is 0 Å². The first kappa shape index (κ1) is 14.5. The maximum absolute atomic E-state index is 4.40. The van der Waals surface area contributed by atoms with Crippen LogP contribution in [0.4, 0.5) is 0 Å². The summed E-state index contributed by atoms with van der Waals surface area (Å²) >= 11 is 0. The van der Waals surface area contributed by atoms with Crippen molar-refractivity contribution in [1.82, 2.24) is 19.8 Å². The van der Waals surface area contributed by atoms with Gasteiger partial charge in [-0.1, -0.05) is 19.8 Å². The molecular formula is C15H28N4. The van der Waals surface area contributed by atoms with E-state index in [-0.39, 0.29) is 0 Å². The molecule has 1 saturated heterocycles. The zero-order valence-electron chi connectivity index (χ0n) is 12.5. The molecule has 2 heterocycles. The standard InChI is InChI=1S/C15H28N4/c1-3-18(13-15-16-12-14(2)17-15)10-11-19-8-6-4-5-7-9-19/h12H,3-11,13H2,1-2H3,(H,16,17). The highest BCUT2D eigenvalue weighted by Crippen LogP contribution is 2.09. The van der Waals surface area contributed by atoms with Crippen LogP contribution in [-0.4, -0.2) is 52.5 Å². The lowest BCUT2D eigenvalue weighted by molar-refractivity contribution is 0.205. The summed E-state index contributed by atoms with van der Waals surface area (Å²) in [7, 11) is 0. The van der Waals surface area contributed by atoms with Crippen LogP contribution in [0.3, 0.4) is 0 Å². The largest absolute Gasteiger partial charge is 0.345 e. The summed E-state index contributed by atoms with van der Waals surface area (Å²) in [4.78, 5) is 12.8.